The second-order valence-corrected chi connectivity index (χ2v) is 6.67. The molecule has 1 amide bonds. The number of rotatable bonds is 8. The van der Waals surface area contributed by atoms with Crippen molar-refractivity contribution >= 4 is 11.9 Å². The summed E-state index contributed by atoms with van der Waals surface area (Å²) in [5.41, 5.74) is 6.03. The number of piperidine rings is 1. The Hall–Kier alpha value is -2.32. The van der Waals surface area contributed by atoms with Gasteiger partial charge in [-0.25, -0.2) is 0 Å². The minimum atomic E-state index is -0.701. The van der Waals surface area contributed by atoms with Gasteiger partial charge >= 0.3 is 0 Å². The van der Waals surface area contributed by atoms with Gasteiger partial charge in [-0.3, -0.25) is 14.7 Å². The molecule has 1 aromatic rings. The van der Waals surface area contributed by atoms with Gasteiger partial charge in [0.2, 0.25) is 5.91 Å². The first-order valence-corrected chi connectivity index (χ1v) is 9.39. The number of benzene rings is 1. The minimum absolute atomic E-state index is 0.253. The van der Waals surface area contributed by atoms with E-state index in [-0.39, 0.29) is 18.5 Å². The number of ether oxygens (including phenoxy) is 1. The molecule has 1 saturated heterocycles. The van der Waals surface area contributed by atoms with Gasteiger partial charge in [-0.15, -0.1) is 0 Å². The van der Waals surface area contributed by atoms with E-state index in [4.69, 9.17) is 10.5 Å². The Labute approximate surface area is 160 Å². The van der Waals surface area contributed by atoms with Gasteiger partial charge in [0.1, 0.15) is 5.75 Å². The zero-order valence-electron chi connectivity index (χ0n) is 16.1. The Morgan fingerprint density at radius 3 is 2.81 bits per heavy atom. The van der Waals surface area contributed by atoms with Crippen molar-refractivity contribution in [3.05, 3.63) is 29.8 Å². The lowest BCUT2D eigenvalue weighted by Gasteiger charge is -2.32. The highest BCUT2D eigenvalue weighted by Crippen LogP contribution is 2.19. The minimum Gasteiger partial charge on any atom is -0.497 e. The summed E-state index contributed by atoms with van der Waals surface area (Å²) in [5.74, 6) is 1.11. The number of likely N-dealkylation sites (tertiary alicyclic amines) is 1. The van der Waals surface area contributed by atoms with E-state index in [1.807, 2.05) is 31.2 Å². The maximum absolute atomic E-state index is 11.0. The molecule has 0 bridgehead atoms. The van der Waals surface area contributed by atoms with Crippen molar-refractivity contribution in [2.24, 2.45) is 10.7 Å². The molecule has 2 rings (SSSR count). The summed E-state index contributed by atoms with van der Waals surface area (Å²) in [6.07, 6.45) is 1.12. The number of nitrogens with zero attached hydrogens (tertiary/aromatic N) is 2. The number of aliphatic imine (C=N–C) groups is 1. The van der Waals surface area contributed by atoms with Gasteiger partial charge in [0.15, 0.2) is 5.96 Å². The van der Waals surface area contributed by atoms with Gasteiger partial charge in [-0.1, -0.05) is 12.1 Å². The Kier molecular flexibility index (Phi) is 8.35. The first kappa shape index (κ1) is 21.0. The Balaban J connectivity index is 1.89. The van der Waals surface area contributed by atoms with Crippen LogP contribution in [0, 0.1) is 0 Å². The molecule has 8 heteroatoms. The maximum Gasteiger partial charge on any atom is 0.231 e. The van der Waals surface area contributed by atoms with Crippen LogP contribution in [0.2, 0.25) is 0 Å². The highest BCUT2D eigenvalue weighted by molar-refractivity contribution is 5.80. The maximum atomic E-state index is 11.0. The van der Waals surface area contributed by atoms with Crippen LogP contribution in [0.25, 0.3) is 0 Å². The number of nitrogens with two attached hydrogens (primary N) is 1. The summed E-state index contributed by atoms with van der Waals surface area (Å²) in [7, 11) is 1.60. The summed E-state index contributed by atoms with van der Waals surface area (Å²) in [6, 6.07) is 7.65. The summed E-state index contributed by atoms with van der Waals surface area (Å²) in [4.78, 5) is 17.6. The zero-order valence-corrected chi connectivity index (χ0v) is 16.1. The molecule has 1 fully saturated rings. The van der Waals surface area contributed by atoms with E-state index < -0.39 is 6.10 Å². The molecular formula is C19H31N5O3. The number of hydrogen-bond donors (Lipinski definition) is 4. The van der Waals surface area contributed by atoms with Gasteiger partial charge in [-0.2, -0.15) is 0 Å². The van der Waals surface area contributed by atoms with Crippen molar-refractivity contribution < 1.29 is 14.6 Å². The number of carbonyl (C=O) groups excluding carboxylic acids is 1. The van der Waals surface area contributed by atoms with E-state index in [0.717, 1.165) is 38.0 Å². The topological polar surface area (TPSA) is 112 Å². The van der Waals surface area contributed by atoms with Crippen LogP contribution in [0.15, 0.2) is 29.3 Å². The summed E-state index contributed by atoms with van der Waals surface area (Å²) in [6.45, 7) is 4.96. The lowest BCUT2D eigenvalue weighted by molar-refractivity contribution is -0.119. The zero-order chi connectivity index (χ0) is 19.6. The van der Waals surface area contributed by atoms with Crippen LogP contribution in [0.1, 0.15) is 31.4 Å². The highest BCUT2D eigenvalue weighted by atomic mass is 16.5. The lowest BCUT2D eigenvalue weighted by atomic mass is 10.1. The number of aliphatic hydroxyl groups is 1. The highest BCUT2D eigenvalue weighted by Gasteiger charge is 2.21. The van der Waals surface area contributed by atoms with Crippen molar-refractivity contribution in [1.82, 2.24) is 15.5 Å². The number of primary amides is 1. The van der Waals surface area contributed by atoms with Crippen LogP contribution in [0.4, 0.5) is 0 Å². The lowest BCUT2D eigenvalue weighted by Crippen LogP contribution is -2.49. The van der Waals surface area contributed by atoms with Crippen molar-refractivity contribution in [1.29, 1.82) is 0 Å². The predicted molar refractivity (Wildman–Crippen MR) is 106 cm³/mol. The van der Waals surface area contributed by atoms with E-state index in [2.05, 4.69) is 20.5 Å². The number of amides is 1. The number of hydrogen-bond acceptors (Lipinski definition) is 5. The second-order valence-electron chi connectivity index (χ2n) is 6.67. The number of methoxy groups -OCH3 is 1. The van der Waals surface area contributed by atoms with Gasteiger partial charge in [0, 0.05) is 25.7 Å². The average Bonchev–Trinajstić information content (AvgIpc) is 2.67. The fourth-order valence-corrected chi connectivity index (χ4v) is 3.10. The first-order chi connectivity index (χ1) is 13.0. The quantitative estimate of drug-likeness (QED) is 0.381. The molecule has 1 aromatic carbocycles. The molecule has 1 heterocycles. The molecule has 0 aromatic heterocycles. The summed E-state index contributed by atoms with van der Waals surface area (Å²) >= 11 is 0. The number of nitrogens with one attached hydrogen (secondary N) is 2. The molecule has 0 spiro atoms. The van der Waals surface area contributed by atoms with Crippen LogP contribution < -0.4 is 21.1 Å². The molecule has 0 radical (unpaired) electrons. The average molecular weight is 377 g/mol. The van der Waals surface area contributed by atoms with E-state index >= 15 is 0 Å². The van der Waals surface area contributed by atoms with Crippen molar-refractivity contribution in [2.75, 3.05) is 39.8 Å². The van der Waals surface area contributed by atoms with Crippen molar-refractivity contribution in [3.63, 3.8) is 0 Å². The fraction of sp³-hybridized carbons (Fsp3) is 0.579. The summed E-state index contributed by atoms with van der Waals surface area (Å²) < 4.78 is 5.20. The normalized spacial score (nSPS) is 17.4. The van der Waals surface area contributed by atoms with Crippen LogP contribution in [0.3, 0.4) is 0 Å². The van der Waals surface area contributed by atoms with Crippen LogP contribution in [-0.4, -0.2) is 67.7 Å². The SMILES string of the molecule is CCNC(=NCC(O)c1cccc(OC)c1)NC1CCN(CC(N)=O)CC1. The molecule has 27 heavy (non-hydrogen) atoms. The largest absolute Gasteiger partial charge is 0.497 e. The van der Waals surface area contributed by atoms with E-state index in [1.54, 1.807) is 7.11 Å². The Morgan fingerprint density at radius 1 is 1.44 bits per heavy atom. The number of aliphatic hydroxyl groups excluding tert-OH is 1. The fourth-order valence-electron chi connectivity index (χ4n) is 3.10. The van der Waals surface area contributed by atoms with E-state index in [0.29, 0.717) is 18.3 Å². The molecule has 8 nitrogen and oxygen atoms in total. The van der Waals surface area contributed by atoms with Crippen LogP contribution >= 0.6 is 0 Å². The summed E-state index contributed by atoms with van der Waals surface area (Å²) in [5, 5.41) is 17.1. The third-order valence-electron chi connectivity index (χ3n) is 4.55. The number of guanidine groups is 1. The van der Waals surface area contributed by atoms with Crippen LogP contribution in [0.5, 0.6) is 5.75 Å². The molecule has 0 aliphatic carbocycles. The van der Waals surface area contributed by atoms with E-state index in [9.17, 15) is 9.90 Å². The predicted octanol–water partition coefficient (Wildman–Crippen LogP) is 0.233. The van der Waals surface area contributed by atoms with Crippen molar-refractivity contribution in [3.8, 4) is 5.75 Å². The molecule has 0 saturated carbocycles. The molecule has 150 valence electrons. The van der Waals surface area contributed by atoms with Crippen molar-refractivity contribution in [2.45, 2.75) is 31.9 Å². The smallest absolute Gasteiger partial charge is 0.231 e. The van der Waals surface area contributed by atoms with Gasteiger partial charge < -0.3 is 26.2 Å². The molecule has 1 aliphatic rings. The molecular weight excluding hydrogens is 346 g/mol. The van der Waals surface area contributed by atoms with Crippen LogP contribution in [-0.2, 0) is 4.79 Å². The monoisotopic (exact) mass is 377 g/mol. The van der Waals surface area contributed by atoms with E-state index in [1.165, 1.54) is 0 Å². The molecule has 1 atom stereocenters. The Bertz CT molecular complexity index is 630. The molecule has 5 N–H and O–H groups in total. The third kappa shape index (κ3) is 7.07. The first-order valence-electron chi connectivity index (χ1n) is 9.39. The molecule has 1 unspecified atom stereocenters. The molecule has 1 aliphatic heterocycles. The standard InChI is InChI=1S/C19H31N5O3/c1-3-21-19(23-15-7-9-24(10-8-15)13-18(20)26)22-12-17(25)14-5-4-6-16(11-14)27-2/h4-6,11,15,17,25H,3,7-10,12-13H2,1-2H3,(H2,20,26)(H2,21,22,23). The second kappa shape index (κ2) is 10.7. The number of carbonyl (C=O) groups is 1. The Morgan fingerprint density at radius 2 is 2.19 bits per heavy atom. The van der Waals surface area contributed by atoms with Gasteiger partial charge in [-0.05, 0) is 37.5 Å². The third-order valence-corrected chi connectivity index (χ3v) is 4.55. The van der Waals surface area contributed by atoms with Gasteiger partial charge in [0.05, 0.1) is 26.3 Å². The van der Waals surface area contributed by atoms with Gasteiger partial charge in [0.25, 0.3) is 0 Å².